The van der Waals surface area contributed by atoms with E-state index in [0.717, 1.165) is 28.1 Å². The van der Waals surface area contributed by atoms with Gasteiger partial charge in [0.1, 0.15) is 4.88 Å². The molecule has 1 aromatic rings. The van der Waals surface area contributed by atoms with Gasteiger partial charge in [0, 0.05) is 10.5 Å². The van der Waals surface area contributed by atoms with Gasteiger partial charge in [-0.1, -0.05) is 19.8 Å². The molecule has 2 rings (SSSR count). The van der Waals surface area contributed by atoms with Crippen molar-refractivity contribution in [2.75, 3.05) is 0 Å². The van der Waals surface area contributed by atoms with Crippen molar-refractivity contribution >= 4 is 33.2 Å². The quantitative estimate of drug-likeness (QED) is 0.880. The minimum Gasteiger partial charge on any atom is -0.349 e. The summed E-state index contributed by atoms with van der Waals surface area (Å²) in [4.78, 5) is 12.8. The molecular weight excluding hydrogens is 286 g/mol. The Morgan fingerprint density at radius 2 is 2.44 bits per heavy atom. The van der Waals surface area contributed by atoms with E-state index >= 15 is 0 Å². The summed E-state index contributed by atoms with van der Waals surface area (Å²) in [6.45, 7) is 2.14. The van der Waals surface area contributed by atoms with Crippen LogP contribution in [0.15, 0.2) is 15.9 Å². The number of nitrogens with one attached hydrogen (secondary N) is 1. The Morgan fingerprint density at radius 1 is 1.69 bits per heavy atom. The lowest BCUT2D eigenvalue weighted by Crippen LogP contribution is -2.34. The van der Waals surface area contributed by atoms with Crippen LogP contribution >= 0.6 is 27.3 Å². The van der Waals surface area contributed by atoms with Crippen molar-refractivity contribution in [3.8, 4) is 0 Å². The van der Waals surface area contributed by atoms with Crippen LogP contribution in [0.25, 0.3) is 0 Å². The van der Waals surface area contributed by atoms with Gasteiger partial charge < -0.3 is 5.32 Å². The van der Waals surface area contributed by atoms with Crippen LogP contribution in [-0.2, 0) is 0 Å². The maximum atomic E-state index is 12.0. The molecule has 4 heteroatoms. The normalized spacial score (nSPS) is 17.1. The van der Waals surface area contributed by atoms with E-state index in [9.17, 15) is 4.79 Å². The summed E-state index contributed by atoms with van der Waals surface area (Å²) >= 11 is 4.88. The summed E-state index contributed by atoms with van der Waals surface area (Å²) in [5.74, 6) is 0.923. The molecule has 1 atom stereocenters. The second-order valence-electron chi connectivity index (χ2n) is 4.36. The van der Waals surface area contributed by atoms with Crippen molar-refractivity contribution in [1.82, 2.24) is 5.32 Å². The number of halogens is 1. The van der Waals surface area contributed by atoms with Crippen LogP contribution in [0.2, 0.25) is 0 Å². The van der Waals surface area contributed by atoms with E-state index in [0.29, 0.717) is 6.04 Å². The van der Waals surface area contributed by atoms with Crippen molar-refractivity contribution in [3.63, 3.8) is 0 Å². The second kappa shape index (κ2) is 5.32. The molecule has 2 nitrogen and oxygen atoms in total. The zero-order chi connectivity index (χ0) is 11.5. The summed E-state index contributed by atoms with van der Waals surface area (Å²) in [6.07, 6.45) is 4.85. The predicted molar refractivity (Wildman–Crippen MR) is 70.9 cm³/mol. The fourth-order valence-corrected chi connectivity index (χ4v) is 3.24. The molecule has 0 saturated heterocycles. The number of carbonyl (C=O) groups is 1. The van der Waals surface area contributed by atoms with Crippen LogP contribution in [-0.4, -0.2) is 11.9 Å². The summed E-state index contributed by atoms with van der Waals surface area (Å²) in [5.41, 5.74) is 0. The van der Waals surface area contributed by atoms with Crippen LogP contribution < -0.4 is 5.32 Å². The molecule has 0 aliphatic heterocycles. The van der Waals surface area contributed by atoms with Gasteiger partial charge in [0.15, 0.2) is 0 Å². The third-order valence-corrected chi connectivity index (χ3v) is 4.80. The van der Waals surface area contributed by atoms with Gasteiger partial charge in [-0.05, 0) is 46.1 Å². The maximum Gasteiger partial charge on any atom is 0.262 e. The summed E-state index contributed by atoms with van der Waals surface area (Å²) in [7, 11) is 0. The van der Waals surface area contributed by atoms with E-state index < -0.39 is 0 Å². The first-order chi connectivity index (χ1) is 7.70. The average Bonchev–Trinajstić information content (AvgIpc) is 2.97. The molecule has 0 aromatic carbocycles. The minimum absolute atomic E-state index is 0.0642. The first kappa shape index (κ1) is 12.1. The van der Waals surface area contributed by atoms with E-state index in [-0.39, 0.29) is 5.91 Å². The van der Waals surface area contributed by atoms with Crippen LogP contribution in [0.4, 0.5) is 0 Å². The SMILES string of the molecule is CCC(CC1CC1)NC(=O)c1sccc1Br. The van der Waals surface area contributed by atoms with Gasteiger partial charge in [0.25, 0.3) is 5.91 Å². The van der Waals surface area contributed by atoms with E-state index in [2.05, 4.69) is 28.2 Å². The minimum atomic E-state index is 0.0642. The topological polar surface area (TPSA) is 29.1 Å². The van der Waals surface area contributed by atoms with Crippen molar-refractivity contribution in [3.05, 3.63) is 20.8 Å². The van der Waals surface area contributed by atoms with E-state index in [4.69, 9.17) is 0 Å². The fraction of sp³-hybridized carbons (Fsp3) is 0.583. The van der Waals surface area contributed by atoms with E-state index in [1.54, 1.807) is 0 Å². The summed E-state index contributed by atoms with van der Waals surface area (Å²) in [6, 6.07) is 2.26. The van der Waals surface area contributed by atoms with Crippen LogP contribution in [0.3, 0.4) is 0 Å². The highest BCUT2D eigenvalue weighted by Crippen LogP contribution is 2.34. The number of hydrogen-bond donors (Lipinski definition) is 1. The van der Waals surface area contributed by atoms with Crippen molar-refractivity contribution in [1.29, 1.82) is 0 Å². The fourth-order valence-electron chi connectivity index (χ4n) is 1.79. The van der Waals surface area contributed by atoms with E-state index in [1.165, 1.54) is 24.2 Å². The zero-order valence-corrected chi connectivity index (χ0v) is 11.7. The van der Waals surface area contributed by atoms with Crippen LogP contribution in [0.1, 0.15) is 42.3 Å². The Bertz CT molecular complexity index is 373. The molecule has 88 valence electrons. The predicted octanol–water partition coefficient (Wildman–Crippen LogP) is 3.82. The number of thiophene rings is 1. The number of carbonyl (C=O) groups excluding carboxylic acids is 1. The average molecular weight is 302 g/mol. The lowest BCUT2D eigenvalue weighted by Gasteiger charge is -2.16. The Balaban J connectivity index is 1.91. The Hall–Kier alpha value is -0.350. The molecule has 1 amide bonds. The Morgan fingerprint density at radius 3 is 2.94 bits per heavy atom. The lowest BCUT2D eigenvalue weighted by atomic mass is 10.1. The highest BCUT2D eigenvalue weighted by Gasteiger charge is 2.26. The van der Waals surface area contributed by atoms with Gasteiger partial charge in [0.05, 0.1) is 0 Å². The Labute approximate surface area is 109 Å². The first-order valence-electron chi connectivity index (χ1n) is 5.74. The third kappa shape index (κ3) is 3.08. The van der Waals surface area contributed by atoms with Gasteiger partial charge in [-0.3, -0.25) is 4.79 Å². The summed E-state index contributed by atoms with van der Waals surface area (Å²) in [5, 5.41) is 5.05. The zero-order valence-electron chi connectivity index (χ0n) is 9.33. The monoisotopic (exact) mass is 301 g/mol. The molecule has 1 aromatic heterocycles. The first-order valence-corrected chi connectivity index (χ1v) is 7.41. The second-order valence-corrected chi connectivity index (χ2v) is 6.13. The number of rotatable bonds is 5. The molecule has 1 saturated carbocycles. The van der Waals surface area contributed by atoms with Crippen molar-refractivity contribution in [2.24, 2.45) is 5.92 Å². The third-order valence-electron chi connectivity index (χ3n) is 2.97. The summed E-state index contributed by atoms with van der Waals surface area (Å²) < 4.78 is 0.899. The van der Waals surface area contributed by atoms with Gasteiger partial charge >= 0.3 is 0 Å². The van der Waals surface area contributed by atoms with Gasteiger partial charge in [-0.25, -0.2) is 0 Å². The molecule has 1 aliphatic rings. The van der Waals surface area contributed by atoms with Crippen LogP contribution in [0.5, 0.6) is 0 Å². The number of amides is 1. The van der Waals surface area contributed by atoms with Crippen LogP contribution in [0, 0.1) is 5.92 Å². The van der Waals surface area contributed by atoms with E-state index in [1.807, 2.05) is 11.4 Å². The molecule has 1 aliphatic carbocycles. The van der Waals surface area contributed by atoms with Crippen molar-refractivity contribution < 1.29 is 4.79 Å². The molecule has 0 radical (unpaired) electrons. The maximum absolute atomic E-state index is 12.0. The highest BCUT2D eigenvalue weighted by molar-refractivity contribution is 9.10. The number of hydrogen-bond acceptors (Lipinski definition) is 2. The highest BCUT2D eigenvalue weighted by atomic mass is 79.9. The molecule has 1 fully saturated rings. The van der Waals surface area contributed by atoms with Gasteiger partial charge in [-0.2, -0.15) is 0 Å². The largest absolute Gasteiger partial charge is 0.349 e. The van der Waals surface area contributed by atoms with Gasteiger partial charge in [0.2, 0.25) is 0 Å². The standard InChI is InChI=1S/C12H16BrNOS/c1-2-9(7-8-3-4-8)14-12(15)11-10(13)5-6-16-11/h5-6,8-9H,2-4,7H2,1H3,(H,14,15). The molecule has 1 N–H and O–H groups in total. The smallest absolute Gasteiger partial charge is 0.262 e. The molecule has 0 spiro atoms. The molecule has 0 bridgehead atoms. The lowest BCUT2D eigenvalue weighted by molar-refractivity contribution is 0.0936. The van der Waals surface area contributed by atoms with Gasteiger partial charge in [-0.15, -0.1) is 11.3 Å². The molecular formula is C12H16BrNOS. The van der Waals surface area contributed by atoms with Crippen molar-refractivity contribution in [2.45, 2.75) is 38.6 Å². The molecule has 1 heterocycles. The Kier molecular flexibility index (Phi) is 4.03. The molecule has 1 unspecified atom stereocenters. The molecule has 16 heavy (non-hydrogen) atoms.